The minimum Gasteiger partial charge on any atom is -0.409 e. The minimum absolute atomic E-state index is 0.0598. The zero-order valence-electron chi connectivity index (χ0n) is 11.3. The summed E-state index contributed by atoms with van der Waals surface area (Å²) >= 11 is 1.42. The number of nitrogens with two attached hydrogens (primary N) is 1. The SMILES string of the molecule is NC(=NO)c1cnc(Sc2nnc3n2CCCCC3)cn1. The summed E-state index contributed by atoms with van der Waals surface area (Å²) in [6.45, 7) is 0.945. The van der Waals surface area contributed by atoms with Crippen LogP contribution in [0.4, 0.5) is 0 Å². The number of amidine groups is 1. The molecule has 0 aromatic carbocycles. The first-order chi connectivity index (χ1) is 10.3. The Morgan fingerprint density at radius 2 is 2.14 bits per heavy atom. The number of nitrogens with zero attached hydrogens (tertiary/aromatic N) is 6. The summed E-state index contributed by atoms with van der Waals surface area (Å²) in [6, 6.07) is 0. The monoisotopic (exact) mass is 305 g/mol. The van der Waals surface area contributed by atoms with Crippen molar-refractivity contribution >= 4 is 17.6 Å². The van der Waals surface area contributed by atoms with Crippen molar-refractivity contribution in [1.82, 2.24) is 24.7 Å². The van der Waals surface area contributed by atoms with Crippen LogP contribution in [0, 0.1) is 0 Å². The summed E-state index contributed by atoms with van der Waals surface area (Å²) in [5.41, 5.74) is 5.79. The average molecular weight is 305 g/mol. The topological polar surface area (TPSA) is 115 Å². The van der Waals surface area contributed by atoms with Crippen molar-refractivity contribution in [2.75, 3.05) is 0 Å². The summed E-state index contributed by atoms with van der Waals surface area (Å²) in [5.74, 6) is 0.978. The molecule has 9 heteroatoms. The lowest BCUT2D eigenvalue weighted by molar-refractivity contribution is 0.318. The van der Waals surface area contributed by atoms with E-state index in [1.54, 1.807) is 6.20 Å². The van der Waals surface area contributed by atoms with E-state index in [1.165, 1.54) is 24.4 Å². The van der Waals surface area contributed by atoms with Gasteiger partial charge in [-0.3, -0.25) is 0 Å². The molecule has 0 unspecified atom stereocenters. The fourth-order valence-corrected chi connectivity index (χ4v) is 2.97. The van der Waals surface area contributed by atoms with Gasteiger partial charge in [0.1, 0.15) is 16.5 Å². The van der Waals surface area contributed by atoms with Crippen LogP contribution in [0.5, 0.6) is 0 Å². The average Bonchev–Trinajstić information content (AvgIpc) is 2.75. The van der Waals surface area contributed by atoms with E-state index in [2.05, 4.69) is 29.9 Å². The van der Waals surface area contributed by atoms with Crippen LogP contribution in [0.15, 0.2) is 27.7 Å². The highest BCUT2D eigenvalue weighted by Crippen LogP contribution is 2.26. The van der Waals surface area contributed by atoms with Crippen LogP contribution in [0.1, 0.15) is 30.8 Å². The Balaban J connectivity index is 1.79. The molecule has 0 radical (unpaired) electrons. The second-order valence-electron chi connectivity index (χ2n) is 4.69. The third-order valence-corrected chi connectivity index (χ3v) is 4.17. The predicted octanol–water partition coefficient (Wildman–Crippen LogP) is 1.04. The van der Waals surface area contributed by atoms with Gasteiger partial charge in [0.2, 0.25) is 0 Å². The highest BCUT2D eigenvalue weighted by atomic mass is 32.2. The second-order valence-corrected chi connectivity index (χ2v) is 5.68. The van der Waals surface area contributed by atoms with Crippen LogP contribution < -0.4 is 5.73 Å². The van der Waals surface area contributed by atoms with E-state index in [4.69, 9.17) is 10.9 Å². The number of hydrogen-bond acceptors (Lipinski definition) is 7. The molecule has 0 bridgehead atoms. The summed E-state index contributed by atoms with van der Waals surface area (Å²) in [6.07, 6.45) is 7.56. The van der Waals surface area contributed by atoms with E-state index < -0.39 is 0 Å². The van der Waals surface area contributed by atoms with Crippen LogP contribution in [0.25, 0.3) is 0 Å². The van der Waals surface area contributed by atoms with Gasteiger partial charge in [-0.05, 0) is 24.6 Å². The lowest BCUT2D eigenvalue weighted by atomic mass is 10.2. The van der Waals surface area contributed by atoms with Crippen LogP contribution in [-0.4, -0.2) is 35.8 Å². The van der Waals surface area contributed by atoms with Gasteiger partial charge in [-0.15, -0.1) is 10.2 Å². The molecule has 0 fully saturated rings. The standard InChI is InChI=1S/C12H15N7OS/c13-11(18-20)8-6-15-10(7-14-8)21-12-17-16-9-4-2-1-3-5-19(9)12/h6-7,20H,1-5H2,(H2,13,18). The number of oxime groups is 1. The zero-order valence-corrected chi connectivity index (χ0v) is 12.1. The molecule has 2 aromatic rings. The Morgan fingerprint density at radius 1 is 1.24 bits per heavy atom. The Morgan fingerprint density at radius 3 is 2.90 bits per heavy atom. The summed E-state index contributed by atoms with van der Waals surface area (Å²) in [7, 11) is 0. The molecule has 0 amide bonds. The Bertz CT molecular complexity index is 652. The maximum Gasteiger partial charge on any atom is 0.197 e. The van der Waals surface area contributed by atoms with E-state index in [0.717, 1.165) is 36.8 Å². The van der Waals surface area contributed by atoms with Crippen LogP contribution >= 0.6 is 11.8 Å². The van der Waals surface area contributed by atoms with Gasteiger partial charge >= 0.3 is 0 Å². The van der Waals surface area contributed by atoms with Crippen molar-refractivity contribution < 1.29 is 5.21 Å². The normalized spacial score (nSPS) is 15.5. The maximum atomic E-state index is 8.59. The molecular formula is C12H15N7OS. The molecular weight excluding hydrogens is 290 g/mol. The van der Waals surface area contributed by atoms with Gasteiger partial charge in [-0.2, -0.15) is 0 Å². The van der Waals surface area contributed by atoms with Gasteiger partial charge in [-0.25, -0.2) is 9.97 Å². The zero-order chi connectivity index (χ0) is 14.7. The largest absolute Gasteiger partial charge is 0.409 e. The molecule has 2 aromatic heterocycles. The summed E-state index contributed by atoms with van der Waals surface area (Å²) in [4.78, 5) is 8.35. The molecule has 0 saturated carbocycles. The van der Waals surface area contributed by atoms with Gasteiger partial charge in [0, 0.05) is 13.0 Å². The first-order valence-corrected chi connectivity index (χ1v) is 7.49. The smallest absolute Gasteiger partial charge is 0.197 e. The van der Waals surface area contributed by atoms with Crippen molar-refractivity contribution in [3.8, 4) is 0 Å². The minimum atomic E-state index is -0.0598. The number of fused-ring (bicyclic) bond motifs is 1. The first-order valence-electron chi connectivity index (χ1n) is 6.68. The lowest BCUT2D eigenvalue weighted by Gasteiger charge is -2.05. The molecule has 3 N–H and O–H groups in total. The van der Waals surface area contributed by atoms with Gasteiger partial charge in [0.15, 0.2) is 11.0 Å². The third-order valence-electron chi connectivity index (χ3n) is 3.27. The molecule has 1 aliphatic heterocycles. The van der Waals surface area contributed by atoms with E-state index in [-0.39, 0.29) is 5.84 Å². The van der Waals surface area contributed by atoms with Crippen molar-refractivity contribution in [2.45, 2.75) is 42.4 Å². The molecule has 3 heterocycles. The van der Waals surface area contributed by atoms with Gasteiger partial charge in [-0.1, -0.05) is 11.6 Å². The molecule has 1 aliphatic rings. The van der Waals surface area contributed by atoms with Crippen molar-refractivity contribution in [1.29, 1.82) is 0 Å². The second kappa shape index (κ2) is 6.08. The van der Waals surface area contributed by atoms with Crippen LogP contribution in [0.3, 0.4) is 0 Å². The molecule has 110 valence electrons. The number of hydrogen-bond donors (Lipinski definition) is 2. The molecule has 0 saturated heterocycles. The van der Waals surface area contributed by atoms with E-state index >= 15 is 0 Å². The molecule has 0 aliphatic carbocycles. The highest BCUT2D eigenvalue weighted by molar-refractivity contribution is 7.99. The summed E-state index contributed by atoms with van der Waals surface area (Å²) < 4.78 is 2.15. The maximum absolute atomic E-state index is 8.59. The predicted molar refractivity (Wildman–Crippen MR) is 76.2 cm³/mol. The first kappa shape index (κ1) is 13.8. The van der Waals surface area contributed by atoms with Gasteiger partial charge < -0.3 is 15.5 Å². The van der Waals surface area contributed by atoms with Crippen molar-refractivity contribution in [3.63, 3.8) is 0 Å². The van der Waals surface area contributed by atoms with Crippen LogP contribution in [0.2, 0.25) is 0 Å². The number of aryl methyl sites for hydroxylation is 1. The third kappa shape index (κ3) is 2.97. The van der Waals surface area contributed by atoms with E-state index in [0.29, 0.717) is 10.7 Å². The fourth-order valence-electron chi connectivity index (χ4n) is 2.18. The molecule has 0 atom stereocenters. The molecule has 8 nitrogen and oxygen atoms in total. The fraction of sp³-hybridized carbons (Fsp3) is 0.417. The molecule has 3 rings (SSSR count). The molecule has 21 heavy (non-hydrogen) atoms. The van der Waals surface area contributed by atoms with Gasteiger partial charge in [0.05, 0.1) is 12.4 Å². The van der Waals surface area contributed by atoms with Crippen molar-refractivity contribution in [2.24, 2.45) is 10.9 Å². The van der Waals surface area contributed by atoms with Crippen molar-refractivity contribution in [3.05, 3.63) is 23.9 Å². The van der Waals surface area contributed by atoms with Gasteiger partial charge in [0.25, 0.3) is 0 Å². The highest BCUT2D eigenvalue weighted by Gasteiger charge is 2.16. The van der Waals surface area contributed by atoms with Crippen LogP contribution in [-0.2, 0) is 13.0 Å². The number of rotatable bonds is 3. The summed E-state index contributed by atoms with van der Waals surface area (Å²) in [5, 5.41) is 21.5. The van der Waals surface area contributed by atoms with E-state index in [9.17, 15) is 0 Å². The quantitative estimate of drug-likeness (QED) is 0.377. The Hall–Kier alpha value is -2.16. The molecule has 0 spiro atoms. The Labute approximate surface area is 125 Å². The number of aromatic nitrogens is 5. The lowest BCUT2D eigenvalue weighted by Crippen LogP contribution is -2.15. The Kier molecular flexibility index (Phi) is 4.00. The van der Waals surface area contributed by atoms with E-state index in [1.807, 2.05) is 0 Å².